The van der Waals surface area contributed by atoms with Crippen molar-refractivity contribution >= 4 is 29.4 Å². The highest BCUT2D eigenvalue weighted by molar-refractivity contribution is 6.32. The van der Waals surface area contributed by atoms with Gasteiger partial charge < -0.3 is 9.47 Å². The molecule has 1 aromatic rings. The minimum absolute atomic E-state index is 0.0813. The third-order valence-corrected chi connectivity index (χ3v) is 2.98. The fourth-order valence-corrected chi connectivity index (χ4v) is 1.79. The fourth-order valence-electron chi connectivity index (χ4n) is 1.60. The number of esters is 1. The van der Waals surface area contributed by atoms with Crippen molar-refractivity contribution in [2.75, 3.05) is 26.4 Å². The molecular weight excluding hydrogens is 322 g/mol. The predicted molar refractivity (Wildman–Crippen MR) is 85.9 cm³/mol. The van der Waals surface area contributed by atoms with Crippen LogP contribution in [0.25, 0.3) is 16.5 Å². The van der Waals surface area contributed by atoms with Gasteiger partial charge in [-0.2, -0.15) is 0 Å². The number of azide groups is 1. The summed E-state index contributed by atoms with van der Waals surface area (Å²) in [5.74, 6) is -1.28. The molecule has 0 fully saturated rings. The topological polar surface area (TPSA) is 101 Å². The molecule has 0 bridgehead atoms. The number of ether oxygens (including phenoxy) is 2. The molecule has 122 valence electrons. The van der Waals surface area contributed by atoms with E-state index >= 15 is 0 Å². The van der Waals surface area contributed by atoms with E-state index in [1.807, 2.05) is 0 Å². The standard InChI is InChI=1S/C15H16ClN3O4/c1-2-23-15(21)12(9-11-5-3-4-6-13(11)16)14(20)10-22-8-7-18-19-17/h3-6,9H,2,7-8,10H2,1H3/b12-9-. The van der Waals surface area contributed by atoms with E-state index in [4.69, 9.17) is 26.6 Å². The molecule has 0 atom stereocenters. The Labute approximate surface area is 138 Å². The van der Waals surface area contributed by atoms with E-state index in [9.17, 15) is 9.59 Å². The van der Waals surface area contributed by atoms with Crippen molar-refractivity contribution in [3.8, 4) is 0 Å². The summed E-state index contributed by atoms with van der Waals surface area (Å²) >= 11 is 6.03. The van der Waals surface area contributed by atoms with Crippen LogP contribution in [-0.4, -0.2) is 38.1 Å². The molecule has 0 aliphatic carbocycles. The number of hydrogen-bond donors (Lipinski definition) is 0. The van der Waals surface area contributed by atoms with Crippen molar-refractivity contribution in [3.05, 3.63) is 50.9 Å². The lowest BCUT2D eigenvalue weighted by Crippen LogP contribution is -2.20. The lowest BCUT2D eigenvalue weighted by atomic mass is 10.1. The maximum Gasteiger partial charge on any atom is 0.341 e. The van der Waals surface area contributed by atoms with Gasteiger partial charge in [-0.3, -0.25) is 4.79 Å². The average molecular weight is 338 g/mol. The Kier molecular flexibility index (Phi) is 8.46. The number of ketones is 1. The zero-order valence-corrected chi connectivity index (χ0v) is 13.3. The van der Waals surface area contributed by atoms with Crippen molar-refractivity contribution in [2.24, 2.45) is 5.11 Å². The molecule has 0 amide bonds. The van der Waals surface area contributed by atoms with Gasteiger partial charge in [-0.05, 0) is 30.2 Å². The molecule has 0 aromatic heterocycles. The second-order valence-electron chi connectivity index (χ2n) is 4.23. The van der Waals surface area contributed by atoms with Crippen LogP contribution >= 0.6 is 11.6 Å². The Balaban J connectivity index is 2.88. The Morgan fingerprint density at radius 1 is 1.39 bits per heavy atom. The number of nitrogens with zero attached hydrogens (tertiary/aromatic N) is 3. The Hall–Kier alpha value is -2.34. The van der Waals surface area contributed by atoms with E-state index < -0.39 is 11.8 Å². The van der Waals surface area contributed by atoms with Crippen molar-refractivity contribution in [2.45, 2.75) is 6.92 Å². The summed E-state index contributed by atoms with van der Waals surface area (Å²) in [6, 6.07) is 6.81. The summed E-state index contributed by atoms with van der Waals surface area (Å²) in [4.78, 5) is 26.7. The van der Waals surface area contributed by atoms with Crippen LogP contribution in [0, 0.1) is 0 Å². The molecule has 0 N–H and O–H groups in total. The van der Waals surface area contributed by atoms with Crippen LogP contribution in [0.15, 0.2) is 35.0 Å². The van der Waals surface area contributed by atoms with Crippen LogP contribution in [0.1, 0.15) is 12.5 Å². The Bertz CT molecular complexity index is 639. The highest BCUT2D eigenvalue weighted by atomic mass is 35.5. The maximum absolute atomic E-state index is 12.2. The molecule has 23 heavy (non-hydrogen) atoms. The zero-order valence-electron chi connectivity index (χ0n) is 12.6. The van der Waals surface area contributed by atoms with Crippen LogP contribution in [0.3, 0.4) is 0 Å². The van der Waals surface area contributed by atoms with Crippen LogP contribution in [-0.2, 0) is 19.1 Å². The monoisotopic (exact) mass is 337 g/mol. The molecule has 0 unspecified atom stereocenters. The van der Waals surface area contributed by atoms with Crippen LogP contribution in [0.2, 0.25) is 5.02 Å². The molecule has 0 aliphatic heterocycles. The Morgan fingerprint density at radius 3 is 2.78 bits per heavy atom. The number of carbonyl (C=O) groups excluding carboxylic acids is 2. The zero-order chi connectivity index (χ0) is 17.1. The highest BCUT2D eigenvalue weighted by Crippen LogP contribution is 2.19. The SMILES string of the molecule is CCOC(=O)/C(=C\c1ccccc1Cl)C(=O)COCCN=[N+]=[N-]. The first-order chi connectivity index (χ1) is 11.1. The summed E-state index contributed by atoms with van der Waals surface area (Å²) in [5.41, 5.74) is 8.52. The largest absolute Gasteiger partial charge is 0.462 e. The number of halogens is 1. The molecule has 0 aliphatic rings. The lowest BCUT2D eigenvalue weighted by Gasteiger charge is -2.07. The van der Waals surface area contributed by atoms with Gasteiger partial charge in [0.25, 0.3) is 0 Å². The number of rotatable bonds is 9. The minimum atomic E-state index is -0.740. The number of benzene rings is 1. The van der Waals surface area contributed by atoms with Crippen molar-refractivity contribution in [1.82, 2.24) is 0 Å². The van der Waals surface area contributed by atoms with Crippen LogP contribution < -0.4 is 0 Å². The average Bonchev–Trinajstić information content (AvgIpc) is 2.54. The second kappa shape index (κ2) is 10.4. The van der Waals surface area contributed by atoms with Gasteiger partial charge in [-0.1, -0.05) is 34.9 Å². The Morgan fingerprint density at radius 2 is 2.13 bits per heavy atom. The predicted octanol–water partition coefficient (Wildman–Crippen LogP) is 3.18. The maximum atomic E-state index is 12.2. The van der Waals surface area contributed by atoms with Crippen LogP contribution in [0.5, 0.6) is 0 Å². The molecular formula is C15H16ClN3O4. The number of Topliss-reactive ketones (excluding diaryl/α,β-unsaturated/α-hetero) is 1. The van der Waals surface area contributed by atoms with E-state index in [1.165, 1.54) is 6.08 Å². The van der Waals surface area contributed by atoms with Crippen molar-refractivity contribution in [3.63, 3.8) is 0 Å². The first-order valence-electron chi connectivity index (χ1n) is 6.85. The van der Waals surface area contributed by atoms with Gasteiger partial charge in [-0.25, -0.2) is 4.79 Å². The molecule has 1 aromatic carbocycles. The van der Waals surface area contributed by atoms with Gasteiger partial charge in [0.1, 0.15) is 12.2 Å². The second-order valence-corrected chi connectivity index (χ2v) is 4.64. The molecule has 1 rings (SSSR count). The number of carbonyl (C=O) groups is 2. The highest BCUT2D eigenvalue weighted by Gasteiger charge is 2.20. The molecule has 0 saturated heterocycles. The van der Waals surface area contributed by atoms with Gasteiger partial charge in [0.05, 0.1) is 13.2 Å². The molecule has 0 heterocycles. The third kappa shape index (κ3) is 6.52. The normalized spacial score (nSPS) is 10.8. The van der Waals surface area contributed by atoms with Gasteiger partial charge in [0.2, 0.25) is 0 Å². The van der Waals surface area contributed by atoms with E-state index in [2.05, 4.69) is 10.0 Å². The first-order valence-corrected chi connectivity index (χ1v) is 7.23. The molecule has 8 heteroatoms. The molecule has 7 nitrogen and oxygen atoms in total. The van der Waals surface area contributed by atoms with E-state index in [0.717, 1.165) is 0 Å². The van der Waals surface area contributed by atoms with Gasteiger partial charge in [-0.15, -0.1) is 0 Å². The number of hydrogen-bond acceptors (Lipinski definition) is 5. The van der Waals surface area contributed by atoms with Crippen molar-refractivity contribution < 1.29 is 19.1 Å². The molecule has 0 radical (unpaired) electrons. The summed E-state index contributed by atoms with van der Waals surface area (Å²) in [6.45, 7) is 1.65. The first kappa shape index (κ1) is 18.7. The third-order valence-electron chi connectivity index (χ3n) is 2.63. The van der Waals surface area contributed by atoms with Crippen molar-refractivity contribution in [1.29, 1.82) is 0 Å². The van der Waals surface area contributed by atoms with Gasteiger partial charge in [0, 0.05) is 16.5 Å². The summed E-state index contributed by atoms with van der Waals surface area (Å²) in [5, 5.41) is 3.69. The quantitative estimate of drug-likeness (QED) is 0.101. The van der Waals surface area contributed by atoms with E-state index in [-0.39, 0.29) is 31.9 Å². The lowest BCUT2D eigenvalue weighted by molar-refractivity contribution is -0.140. The molecule has 0 spiro atoms. The fraction of sp³-hybridized carbons (Fsp3) is 0.333. The smallest absolute Gasteiger partial charge is 0.341 e. The van der Waals surface area contributed by atoms with E-state index in [1.54, 1.807) is 31.2 Å². The van der Waals surface area contributed by atoms with Gasteiger partial charge in [0.15, 0.2) is 5.78 Å². The van der Waals surface area contributed by atoms with Gasteiger partial charge >= 0.3 is 5.97 Å². The summed E-state index contributed by atoms with van der Waals surface area (Å²) in [7, 11) is 0. The minimum Gasteiger partial charge on any atom is -0.462 e. The van der Waals surface area contributed by atoms with E-state index in [0.29, 0.717) is 10.6 Å². The molecule has 0 saturated carbocycles. The summed E-state index contributed by atoms with van der Waals surface area (Å²) in [6.07, 6.45) is 1.37. The summed E-state index contributed by atoms with van der Waals surface area (Å²) < 4.78 is 9.97. The van der Waals surface area contributed by atoms with Crippen LogP contribution in [0.4, 0.5) is 0 Å².